The molecule has 40 heavy (non-hydrogen) atoms. The first-order valence-electron chi connectivity index (χ1n) is 12.7. The molecule has 1 heterocycles. The van der Waals surface area contributed by atoms with Gasteiger partial charge in [0.25, 0.3) is 11.8 Å². The zero-order valence-corrected chi connectivity index (χ0v) is 22.8. The van der Waals surface area contributed by atoms with E-state index in [4.69, 9.17) is 5.14 Å². The van der Waals surface area contributed by atoms with E-state index >= 15 is 0 Å². The predicted molar refractivity (Wildman–Crippen MR) is 148 cm³/mol. The lowest BCUT2D eigenvalue weighted by atomic mass is 10.0. The van der Waals surface area contributed by atoms with E-state index in [1.54, 1.807) is 12.1 Å². The lowest BCUT2D eigenvalue weighted by molar-refractivity contribution is -0.140. The number of anilines is 1. The molecule has 3 aromatic carbocycles. The molecule has 2 atom stereocenters. The fourth-order valence-electron chi connectivity index (χ4n) is 4.66. The van der Waals surface area contributed by atoms with Crippen LogP contribution in [0.2, 0.25) is 0 Å². The van der Waals surface area contributed by atoms with E-state index in [0.717, 1.165) is 15.7 Å². The van der Waals surface area contributed by atoms with Crippen molar-refractivity contribution in [1.82, 2.24) is 10.2 Å². The van der Waals surface area contributed by atoms with Crippen LogP contribution in [0.3, 0.4) is 0 Å². The van der Waals surface area contributed by atoms with Gasteiger partial charge in [0, 0.05) is 12.2 Å². The highest BCUT2D eigenvalue weighted by molar-refractivity contribution is 7.89. The summed E-state index contributed by atoms with van der Waals surface area (Å²) in [6, 6.07) is 13.8. The quantitative estimate of drug-likeness (QED) is 0.256. The van der Waals surface area contributed by atoms with Crippen LogP contribution in [0.4, 0.5) is 5.69 Å². The highest BCUT2D eigenvalue weighted by Crippen LogP contribution is 2.28. The second kappa shape index (κ2) is 11.5. The molecule has 0 fully saturated rings. The van der Waals surface area contributed by atoms with E-state index in [0.29, 0.717) is 0 Å². The average Bonchev–Trinajstić information content (AvgIpc) is 3.12. The molecule has 12 heteroatoms. The van der Waals surface area contributed by atoms with Crippen LogP contribution in [-0.2, 0) is 19.6 Å². The molecule has 0 bridgehead atoms. The third kappa shape index (κ3) is 6.36. The van der Waals surface area contributed by atoms with Crippen molar-refractivity contribution in [3.8, 4) is 0 Å². The number of nitrogens with zero attached hydrogens (tertiary/aromatic N) is 1. The molecule has 210 valence electrons. The van der Waals surface area contributed by atoms with Gasteiger partial charge in [0.2, 0.25) is 15.9 Å². The number of nitrogens with one attached hydrogen (secondary N) is 2. The minimum Gasteiger partial charge on any atom is -0.480 e. The van der Waals surface area contributed by atoms with E-state index in [1.165, 1.54) is 24.3 Å². The van der Waals surface area contributed by atoms with Crippen molar-refractivity contribution in [2.45, 2.75) is 43.7 Å². The third-order valence-electron chi connectivity index (χ3n) is 6.63. The summed E-state index contributed by atoms with van der Waals surface area (Å²) in [6.45, 7) is 3.56. The standard InChI is InChI=1S/C28H30N4O7S/c1-16(2)12-24(25(33)30-19-8-5-9-20(15-19)40(29,38)39)31-23(28(36)37)10-11-32-26(34)21-13-17-6-3-4-7-18(17)14-22(21)27(32)35/h3-9,13-16,23-24,31H,10-12H2,1-2H3,(H,30,33)(H,36,37)(H2,29,38,39). The number of imide groups is 1. The Bertz CT molecular complexity index is 1550. The van der Waals surface area contributed by atoms with E-state index < -0.39 is 45.8 Å². The predicted octanol–water partition coefficient (Wildman–Crippen LogP) is 2.57. The second-order valence-electron chi connectivity index (χ2n) is 10.1. The number of carboxylic acids is 1. The van der Waals surface area contributed by atoms with Gasteiger partial charge in [-0.3, -0.25) is 29.4 Å². The van der Waals surface area contributed by atoms with E-state index in [9.17, 15) is 32.7 Å². The summed E-state index contributed by atoms with van der Waals surface area (Å²) in [4.78, 5) is 52.2. The minimum absolute atomic E-state index is 0.00109. The number of aliphatic carboxylic acids is 1. The second-order valence-corrected chi connectivity index (χ2v) is 11.7. The highest BCUT2D eigenvalue weighted by atomic mass is 32.2. The van der Waals surface area contributed by atoms with Gasteiger partial charge < -0.3 is 10.4 Å². The van der Waals surface area contributed by atoms with Crippen molar-refractivity contribution in [2.75, 3.05) is 11.9 Å². The monoisotopic (exact) mass is 566 g/mol. The van der Waals surface area contributed by atoms with Gasteiger partial charge in [-0.2, -0.15) is 0 Å². The van der Waals surface area contributed by atoms with Crippen LogP contribution in [0.15, 0.2) is 65.6 Å². The first-order chi connectivity index (χ1) is 18.8. The van der Waals surface area contributed by atoms with Crippen LogP contribution in [0, 0.1) is 5.92 Å². The molecule has 1 aliphatic heterocycles. The first kappa shape index (κ1) is 28.9. The van der Waals surface area contributed by atoms with Crippen molar-refractivity contribution in [1.29, 1.82) is 0 Å². The molecule has 0 saturated carbocycles. The summed E-state index contributed by atoms with van der Waals surface area (Å²) < 4.78 is 23.3. The molecule has 5 N–H and O–H groups in total. The van der Waals surface area contributed by atoms with Crippen LogP contribution in [-0.4, -0.2) is 60.7 Å². The number of carbonyl (C=O) groups excluding carboxylic acids is 3. The van der Waals surface area contributed by atoms with Gasteiger partial charge in [0.05, 0.1) is 22.1 Å². The Kier molecular flexibility index (Phi) is 8.33. The number of primary sulfonamides is 1. The van der Waals surface area contributed by atoms with Gasteiger partial charge in [0.15, 0.2) is 0 Å². The Labute approximate surface area is 231 Å². The van der Waals surface area contributed by atoms with E-state index in [-0.39, 0.29) is 47.0 Å². The van der Waals surface area contributed by atoms with Crippen LogP contribution in [0.1, 0.15) is 47.4 Å². The van der Waals surface area contributed by atoms with Gasteiger partial charge in [-0.05, 0) is 59.9 Å². The zero-order chi connectivity index (χ0) is 29.2. The molecule has 3 amide bonds. The summed E-state index contributed by atoms with van der Waals surface area (Å²) in [7, 11) is -3.99. The van der Waals surface area contributed by atoms with Gasteiger partial charge in [-0.15, -0.1) is 0 Å². The fourth-order valence-corrected chi connectivity index (χ4v) is 5.22. The molecule has 3 aromatic rings. The summed E-state index contributed by atoms with van der Waals surface area (Å²) >= 11 is 0. The maximum atomic E-state index is 13.1. The summed E-state index contributed by atoms with van der Waals surface area (Å²) in [5, 5.41) is 22.1. The normalized spacial score (nSPS) is 14.8. The number of fused-ring (bicyclic) bond motifs is 2. The maximum Gasteiger partial charge on any atom is 0.320 e. The molecule has 0 saturated heterocycles. The van der Waals surface area contributed by atoms with Crippen LogP contribution in [0.5, 0.6) is 0 Å². The Morgan fingerprint density at radius 1 is 0.925 bits per heavy atom. The number of sulfonamides is 1. The lowest BCUT2D eigenvalue weighted by Gasteiger charge is -2.25. The topological polar surface area (TPSA) is 176 Å². The summed E-state index contributed by atoms with van der Waals surface area (Å²) in [5.74, 6) is -2.82. The highest BCUT2D eigenvalue weighted by Gasteiger charge is 2.37. The van der Waals surface area contributed by atoms with Gasteiger partial charge in [-0.1, -0.05) is 44.2 Å². The SMILES string of the molecule is CC(C)CC(NC(CCN1C(=O)c2cc3ccccc3cc2C1=O)C(=O)O)C(=O)Nc1cccc(S(N)(=O)=O)c1. The lowest BCUT2D eigenvalue weighted by Crippen LogP contribution is -2.50. The number of hydrogen-bond acceptors (Lipinski definition) is 7. The van der Waals surface area contributed by atoms with Crippen molar-refractivity contribution in [2.24, 2.45) is 11.1 Å². The largest absolute Gasteiger partial charge is 0.480 e. The van der Waals surface area contributed by atoms with Crippen molar-refractivity contribution in [3.05, 3.63) is 71.8 Å². The molecule has 0 radical (unpaired) electrons. The number of hydrogen-bond donors (Lipinski definition) is 4. The van der Waals surface area contributed by atoms with Crippen molar-refractivity contribution in [3.63, 3.8) is 0 Å². The van der Waals surface area contributed by atoms with Gasteiger partial charge >= 0.3 is 5.97 Å². The Morgan fingerprint density at radius 3 is 2.05 bits per heavy atom. The number of amides is 3. The van der Waals surface area contributed by atoms with Crippen LogP contribution in [0.25, 0.3) is 10.8 Å². The fraction of sp³-hybridized carbons (Fsp3) is 0.286. The van der Waals surface area contributed by atoms with Crippen molar-refractivity contribution < 1.29 is 32.7 Å². The molecule has 1 aliphatic rings. The molecule has 11 nitrogen and oxygen atoms in total. The first-order valence-corrected chi connectivity index (χ1v) is 14.2. The van der Waals surface area contributed by atoms with Gasteiger partial charge in [-0.25, -0.2) is 13.6 Å². The molecule has 0 aliphatic carbocycles. The summed E-state index contributed by atoms with van der Waals surface area (Å²) in [5.41, 5.74) is 0.710. The molecule has 2 unspecified atom stereocenters. The van der Waals surface area contributed by atoms with Gasteiger partial charge in [0.1, 0.15) is 6.04 Å². The molecule has 0 spiro atoms. The number of rotatable bonds is 11. The molecular weight excluding hydrogens is 536 g/mol. The number of nitrogens with two attached hydrogens (primary N) is 1. The van der Waals surface area contributed by atoms with Crippen molar-refractivity contribution >= 4 is 50.2 Å². The van der Waals surface area contributed by atoms with E-state index in [2.05, 4.69) is 10.6 Å². The Morgan fingerprint density at radius 2 is 1.52 bits per heavy atom. The van der Waals surface area contributed by atoms with Crippen LogP contribution >= 0.6 is 0 Å². The Balaban J connectivity index is 1.48. The Hall–Kier alpha value is -4.13. The molecule has 0 aromatic heterocycles. The minimum atomic E-state index is -3.99. The third-order valence-corrected chi connectivity index (χ3v) is 7.54. The van der Waals surface area contributed by atoms with Crippen LogP contribution < -0.4 is 15.8 Å². The number of carbonyl (C=O) groups is 4. The smallest absolute Gasteiger partial charge is 0.320 e. The average molecular weight is 567 g/mol. The zero-order valence-electron chi connectivity index (χ0n) is 22.0. The number of carboxylic acid groups (broad SMARTS) is 1. The summed E-state index contributed by atoms with van der Waals surface area (Å²) in [6.07, 6.45) is 0.132. The molecular formula is C28H30N4O7S. The van der Waals surface area contributed by atoms with E-state index in [1.807, 2.05) is 38.1 Å². The molecule has 4 rings (SSSR count). The number of benzene rings is 3. The maximum absolute atomic E-state index is 13.1.